The summed E-state index contributed by atoms with van der Waals surface area (Å²) in [5, 5.41) is 19.6. The summed E-state index contributed by atoms with van der Waals surface area (Å²) in [6.45, 7) is 21.5. The first-order chi connectivity index (χ1) is 26.1. The number of carbonyl (C=O) groups is 2. The Bertz CT molecular complexity index is 1460. The Morgan fingerprint density at radius 2 is 1.05 bits per heavy atom. The monoisotopic (exact) mass is 894 g/mol. The highest BCUT2D eigenvalue weighted by Crippen LogP contribution is 2.55. The lowest BCUT2D eigenvalue weighted by Crippen LogP contribution is -2.64. The minimum absolute atomic E-state index is 0. The molecular weight excluding hydrogens is 828 g/mol. The molecular formula is C42H66F12O6. The number of hydrogen-bond donors (Lipinski definition) is 2. The Morgan fingerprint density at radius 1 is 0.650 bits per heavy atom. The van der Waals surface area contributed by atoms with Crippen molar-refractivity contribution in [1.82, 2.24) is 0 Å². The molecule has 1 aliphatic carbocycles. The van der Waals surface area contributed by atoms with Gasteiger partial charge in [-0.2, -0.15) is 52.7 Å². The van der Waals surface area contributed by atoms with Gasteiger partial charge in [0.15, 0.2) is 11.7 Å². The van der Waals surface area contributed by atoms with Crippen LogP contribution in [0.15, 0.2) is 24.3 Å². The van der Waals surface area contributed by atoms with E-state index in [4.69, 9.17) is 4.74 Å². The normalized spacial score (nSPS) is 20.4. The van der Waals surface area contributed by atoms with E-state index in [-0.39, 0.29) is 26.2 Å². The molecule has 0 spiro atoms. The number of alkyl halides is 12. The Balaban J connectivity index is 0. The van der Waals surface area contributed by atoms with Gasteiger partial charge in [-0.1, -0.05) is 80.2 Å². The molecule has 0 bridgehead atoms. The molecule has 0 saturated heterocycles. The predicted molar refractivity (Wildman–Crippen MR) is 205 cm³/mol. The van der Waals surface area contributed by atoms with Crippen molar-refractivity contribution in [1.29, 1.82) is 0 Å². The molecule has 1 fully saturated rings. The highest BCUT2D eigenvalue weighted by atomic mass is 19.4. The second-order valence-corrected chi connectivity index (χ2v) is 17.8. The molecule has 6 unspecified atom stereocenters. The zero-order valence-corrected chi connectivity index (χ0v) is 36.0. The smallest absolute Gasteiger partial charge is 0.426 e. The summed E-state index contributed by atoms with van der Waals surface area (Å²) in [5.74, 6) is -6.21. The SMILES string of the molecule is C.CCC(C)(C)C(=O)OC(C)C(F)(F)F.CCC(C)(C)C(=O)OC1CC(C(C)(O)C(F)(F)F)CC(C(O)(C(F)(F)F)C(F)(F)F)C1.CCC(C)c1ccc(C(C)(C)C)cc1. The molecule has 2 rings (SSSR count). The molecule has 0 aliphatic heterocycles. The third-order valence-corrected chi connectivity index (χ3v) is 11.3. The van der Waals surface area contributed by atoms with Crippen molar-refractivity contribution >= 4 is 11.9 Å². The van der Waals surface area contributed by atoms with Crippen molar-refractivity contribution in [2.75, 3.05) is 0 Å². The van der Waals surface area contributed by atoms with Crippen LogP contribution in [0.25, 0.3) is 0 Å². The van der Waals surface area contributed by atoms with E-state index in [0.717, 1.165) is 6.92 Å². The van der Waals surface area contributed by atoms with Crippen molar-refractivity contribution in [2.24, 2.45) is 22.7 Å². The molecule has 354 valence electrons. The van der Waals surface area contributed by atoms with E-state index in [2.05, 4.69) is 63.6 Å². The molecule has 0 heterocycles. The number of benzene rings is 1. The first-order valence-electron chi connectivity index (χ1n) is 19.3. The minimum Gasteiger partial charge on any atom is -0.462 e. The zero-order valence-electron chi connectivity index (χ0n) is 36.0. The maximum absolute atomic E-state index is 13.3. The van der Waals surface area contributed by atoms with E-state index in [1.165, 1.54) is 31.4 Å². The molecule has 6 nitrogen and oxygen atoms in total. The summed E-state index contributed by atoms with van der Waals surface area (Å²) < 4.78 is 165. The quantitative estimate of drug-likeness (QED) is 0.180. The van der Waals surface area contributed by atoms with Crippen LogP contribution in [0.3, 0.4) is 0 Å². The summed E-state index contributed by atoms with van der Waals surface area (Å²) >= 11 is 0. The van der Waals surface area contributed by atoms with Crippen molar-refractivity contribution in [3.63, 3.8) is 0 Å². The van der Waals surface area contributed by atoms with Crippen LogP contribution in [0.1, 0.15) is 153 Å². The lowest BCUT2D eigenvalue weighted by atomic mass is 9.66. The van der Waals surface area contributed by atoms with Crippen molar-refractivity contribution < 1.29 is 82.0 Å². The Labute approximate surface area is 347 Å². The van der Waals surface area contributed by atoms with Crippen LogP contribution in [0.5, 0.6) is 0 Å². The molecule has 60 heavy (non-hydrogen) atoms. The minimum atomic E-state index is -6.28. The van der Waals surface area contributed by atoms with Crippen molar-refractivity contribution in [2.45, 2.75) is 195 Å². The molecule has 0 radical (unpaired) electrons. The fraction of sp³-hybridized carbons (Fsp3) is 0.810. The fourth-order valence-corrected chi connectivity index (χ4v) is 5.55. The fourth-order valence-electron chi connectivity index (χ4n) is 5.55. The molecule has 18 heteroatoms. The van der Waals surface area contributed by atoms with Gasteiger partial charge in [-0.15, -0.1) is 0 Å². The number of ether oxygens (including phenoxy) is 2. The topological polar surface area (TPSA) is 93.1 Å². The van der Waals surface area contributed by atoms with E-state index < -0.39 is 102 Å². The van der Waals surface area contributed by atoms with E-state index in [1.807, 2.05) is 0 Å². The Hall–Kier alpha value is -2.76. The van der Waals surface area contributed by atoms with Gasteiger partial charge in [-0.3, -0.25) is 9.59 Å². The first-order valence-corrected chi connectivity index (χ1v) is 19.3. The molecule has 6 atom stereocenters. The Morgan fingerprint density at radius 3 is 1.38 bits per heavy atom. The second kappa shape index (κ2) is 21.1. The van der Waals surface area contributed by atoms with Gasteiger partial charge in [0, 0.05) is 11.8 Å². The third kappa shape index (κ3) is 15.5. The van der Waals surface area contributed by atoms with Crippen LogP contribution in [0.4, 0.5) is 52.7 Å². The summed E-state index contributed by atoms with van der Waals surface area (Å²) in [7, 11) is 0. The Kier molecular flexibility index (Phi) is 20.8. The number of halogens is 12. The van der Waals surface area contributed by atoms with Gasteiger partial charge in [0.1, 0.15) is 6.10 Å². The molecule has 0 amide bonds. The summed E-state index contributed by atoms with van der Waals surface area (Å²) in [6, 6.07) is 9.08. The van der Waals surface area contributed by atoms with Crippen LogP contribution in [-0.4, -0.2) is 70.3 Å². The lowest BCUT2D eigenvalue weighted by molar-refractivity contribution is -0.391. The van der Waals surface area contributed by atoms with Crippen LogP contribution in [-0.2, 0) is 24.5 Å². The summed E-state index contributed by atoms with van der Waals surface area (Å²) in [5.41, 5.74) is -7.96. The molecule has 1 aromatic carbocycles. The second-order valence-electron chi connectivity index (χ2n) is 17.8. The van der Waals surface area contributed by atoms with E-state index in [1.54, 1.807) is 27.7 Å². The predicted octanol–water partition coefficient (Wildman–Crippen LogP) is 13.0. The van der Waals surface area contributed by atoms with Gasteiger partial charge in [0.2, 0.25) is 0 Å². The van der Waals surface area contributed by atoms with E-state index >= 15 is 0 Å². The average Bonchev–Trinajstić information content (AvgIpc) is 3.08. The van der Waals surface area contributed by atoms with Crippen LogP contribution in [0.2, 0.25) is 0 Å². The maximum atomic E-state index is 13.3. The number of hydrogen-bond acceptors (Lipinski definition) is 6. The van der Waals surface area contributed by atoms with Gasteiger partial charge in [-0.05, 0) is 103 Å². The van der Waals surface area contributed by atoms with Gasteiger partial charge in [-0.25, -0.2) is 0 Å². The van der Waals surface area contributed by atoms with E-state index in [9.17, 15) is 72.5 Å². The molecule has 0 aromatic heterocycles. The average molecular weight is 895 g/mol. The standard InChI is InChI=1S/C18H25F9O4.C14H22.C9H15F3O2.CH4/c1-5-13(2,3)12(28)31-11-7-9(14(4,29)16(19,20)21)6-10(8-11)15(30,17(22,23)24)18(25,26)27;1-6-11(2)12-7-9-13(10-8-12)14(3,4)5;1-5-8(3,4)7(13)14-6(2)9(10,11)12;/h9-11,29-30H,5-8H2,1-4H3;7-11H,6H2,1-5H3;6H,5H2,1-4H3;1H4. The summed E-state index contributed by atoms with van der Waals surface area (Å²) in [4.78, 5) is 23.5. The molecule has 2 N–H and O–H groups in total. The van der Waals surface area contributed by atoms with Gasteiger partial charge < -0.3 is 19.7 Å². The first kappa shape index (κ1) is 59.3. The van der Waals surface area contributed by atoms with Crippen LogP contribution < -0.4 is 0 Å². The lowest BCUT2D eigenvalue weighted by Gasteiger charge is -2.47. The van der Waals surface area contributed by atoms with Gasteiger partial charge >= 0.3 is 36.6 Å². The van der Waals surface area contributed by atoms with E-state index in [0.29, 0.717) is 12.3 Å². The maximum Gasteiger partial charge on any atom is 0.426 e. The van der Waals surface area contributed by atoms with Crippen molar-refractivity contribution in [3.05, 3.63) is 35.4 Å². The summed E-state index contributed by atoms with van der Waals surface area (Å²) in [6.07, 6.45) is -27.9. The van der Waals surface area contributed by atoms with Gasteiger partial charge in [0.25, 0.3) is 5.60 Å². The van der Waals surface area contributed by atoms with Crippen LogP contribution in [0, 0.1) is 22.7 Å². The number of carbonyl (C=O) groups excluding carboxylic acids is 2. The molecule has 1 aromatic rings. The van der Waals surface area contributed by atoms with Crippen molar-refractivity contribution in [3.8, 4) is 0 Å². The highest BCUT2D eigenvalue weighted by molar-refractivity contribution is 5.76. The van der Waals surface area contributed by atoms with Gasteiger partial charge in [0.05, 0.1) is 10.8 Å². The number of esters is 2. The molecule has 1 aliphatic rings. The number of rotatable bonds is 10. The molecule has 1 saturated carbocycles. The highest BCUT2D eigenvalue weighted by Gasteiger charge is 2.75. The van der Waals surface area contributed by atoms with Crippen LogP contribution >= 0.6 is 0 Å². The third-order valence-electron chi connectivity index (χ3n) is 11.3. The number of aliphatic hydroxyl groups is 2. The zero-order chi connectivity index (χ0) is 47.2. The largest absolute Gasteiger partial charge is 0.462 e.